The predicted molar refractivity (Wildman–Crippen MR) is 57.5 cm³/mol. The summed E-state index contributed by atoms with van der Waals surface area (Å²) in [5.41, 5.74) is 0. The van der Waals surface area contributed by atoms with Gasteiger partial charge in [0, 0.05) is 17.3 Å². The van der Waals surface area contributed by atoms with Gasteiger partial charge in [-0.2, -0.15) is 0 Å². The summed E-state index contributed by atoms with van der Waals surface area (Å²) in [5, 5.41) is 13.9. The number of carboxylic acids is 1. The molecule has 0 spiro atoms. The highest BCUT2D eigenvalue weighted by molar-refractivity contribution is 7.10. The summed E-state index contributed by atoms with van der Waals surface area (Å²) in [7, 11) is 1.86. The lowest BCUT2D eigenvalue weighted by molar-refractivity contribution is -0.138. The molecule has 0 saturated heterocycles. The molecule has 1 aromatic rings. The van der Waals surface area contributed by atoms with Crippen LogP contribution in [0.15, 0.2) is 17.5 Å². The molecule has 2 N–H and O–H groups in total. The van der Waals surface area contributed by atoms with E-state index in [-0.39, 0.29) is 18.4 Å². The van der Waals surface area contributed by atoms with Crippen LogP contribution in [-0.2, 0) is 4.79 Å². The summed E-state index contributed by atoms with van der Waals surface area (Å²) in [6.45, 7) is 1.95. The van der Waals surface area contributed by atoms with Gasteiger partial charge in [0.2, 0.25) is 0 Å². The van der Waals surface area contributed by atoms with Gasteiger partial charge in [-0.1, -0.05) is 13.0 Å². The van der Waals surface area contributed by atoms with Gasteiger partial charge in [-0.15, -0.1) is 11.3 Å². The monoisotopic (exact) mass is 213 g/mol. The SMILES string of the molecule is CNC(c1cccs1)C(C)CC(=O)O. The van der Waals surface area contributed by atoms with Crippen LogP contribution in [0, 0.1) is 5.92 Å². The molecule has 2 atom stereocenters. The van der Waals surface area contributed by atoms with Crippen LogP contribution in [0.25, 0.3) is 0 Å². The van der Waals surface area contributed by atoms with Crippen molar-refractivity contribution in [2.24, 2.45) is 5.92 Å². The average Bonchev–Trinajstić information content (AvgIpc) is 2.57. The molecule has 1 rings (SSSR count). The fraction of sp³-hybridized carbons (Fsp3) is 0.500. The Kier molecular flexibility index (Phi) is 4.10. The number of aliphatic carboxylic acids is 1. The van der Waals surface area contributed by atoms with Crippen LogP contribution in [-0.4, -0.2) is 18.1 Å². The lowest BCUT2D eigenvalue weighted by Crippen LogP contribution is -2.24. The fourth-order valence-electron chi connectivity index (χ4n) is 1.57. The molecule has 0 aliphatic rings. The van der Waals surface area contributed by atoms with Gasteiger partial charge < -0.3 is 10.4 Å². The molecule has 3 nitrogen and oxygen atoms in total. The first-order valence-electron chi connectivity index (χ1n) is 4.57. The molecule has 0 aromatic carbocycles. The van der Waals surface area contributed by atoms with Crippen molar-refractivity contribution in [1.82, 2.24) is 5.32 Å². The maximum Gasteiger partial charge on any atom is 0.303 e. The van der Waals surface area contributed by atoms with E-state index < -0.39 is 5.97 Å². The number of hydrogen-bond acceptors (Lipinski definition) is 3. The second kappa shape index (κ2) is 5.12. The Bertz CT molecular complexity index is 284. The summed E-state index contributed by atoms with van der Waals surface area (Å²) < 4.78 is 0. The fourth-order valence-corrected chi connectivity index (χ4v) is 2.54. The molecule has 4 heteroatoms. The first-order valence-corrected chi connectivity index (χ1v) is 5.45. The molecule has 0 amide bonds. The first-order chi connectivity index (χ1) is 6.65. The third kappa shape index (κ3) is 2.82. The van der Waals surface area contributed by atoms with E-state index in [0.717, 1.165) is 0 Å². The minimum absolute atomic E-state index is 0.108. The maximum absolute atomic E-state index is 10.6. The van der Waals surface area contributed by atoms with Crippen molar-refractivity contribution < 1.29 is 9.90 Å². The molecule has 0 radical (unpaired) electrons. The van der Waals surface area contributed by atoms with E-state index in [0.29, 0.717) is 0 Å². The molecule has 2 unspecified atom stereocenters. The number of carbonyl (C=O) groups is 1. The molecule has 0 saturated carbocycles. The van der Waals surface area contributed by atoms with E-state index >= 15 is 0 Å². The maximum atomic E-state index is 10.6. The van der Waals surface area contributed by atoms with Crippen LogP contribution in [0.5, 0.6) is 0 Å². The van der Waals surface area contributed by atoms with Crippen molar-refractivity contribution in [3.05, 3.63) is 22.4 Å². The highest BCUT2D eigenvalue weighted by atomic mass is 32.1. The minimum atomic E-state index is -0.741. The van der Waals surface area contributed by atoms with E-state index in [1.807, 2.05) is 31.5 Å². The third-order valence-corrected chi connectivity index (χ3v) is 3.18. The average molecular weight is 213 g/mol. The lowest BCUT2D eigenvalue weighted by Gasteiger charge is -2.20. The highest BCUT2D eigenvalue weighted by Crippen LogP contribution is 2.27. The Hall–Kier alpha value is -0.870. The number of carboxylic acid groups (broad SMARTS) is 1. The minimum Gasteiger partial charge on any atom is -0.481 e. The zero-order valence-corrected chi connectivity index (χ0v) is 9.17. The van der Waals surface area contributed by atoms with Crippen molar-refractivity contribution >= 4 is 17.3 Å². The van der Waals surface area contributed by atoms with E-state index in [4.69, 9.17) is 5.11 Å². The van der Waals surface area contributed by atoms with Gasteiger partial charge in [-0.05, 0) is 24.4 Å². The van der Waals surface area contributed by atoms with Crippen molar-refractivity contribution in [1.29, 1.82) is 0 Å². The van der Waals surface area contributed by atoms with Crippen LogP contribution >= 0.6 is 11.3 Å². The molecule has 0 bridgehead atoms. The normalized spacial score (nSPS) is 15.0. The summed E-state index contributed by atoms with van der Waals surface area (Å²) in [5.74, 6) is -0.634. The Morgan fingerprint density at radius 1 is 1.71 bits per heavy atom. The van der Waals surface area contributed by atoms with E-state index in [1.165, 1.54) is 4.88 Å². The largest absolute Gasteiger partial charge is 0.481 e. The molecular weight excluding hydrogens is 198 g/mol. The molecule has 0 aliphatic heterocycles. The van der Waals surface area contributed by atoms with Gasteiger partial charge in [0.25, 0.3) is 0 Å². The van der Waals surface area contributed by atoms with E-state index in [9.17, 15) is 4.79 Å². The van der Waals surface area contributed by atoms with Gasteiger partial charge in [0.05, 0.1) is 0 Å². The topological polar surface area (TPSA) is 49.3 Å². The first kappa shape index (κ1) is 11.2. The lowest BCUT2D eigenvalue weighted by atomic mass is 9.97. The molecule has 1 heterocycles. The van der Waals surface area contributed by atoms with Gasteiger partial charge in [0.15, 0.2) is 0 Å². The number of thiophene rings is 1. The summed E-state index contributed by atoms with van der Waals surface area (Å²) in [6, 6.07) is 4.16. The second-order valence-corrected chi connectivity index (χ2v) is 4.34. The third-order valence-electron chi connectivity index (χ3n) is 2.23. The Labute approximate surface area is 87.8 Å². The van der Waals surface area contributed by atoms with E-state index in [2.05, 4.69) is 5.32 Å². The molecule has 14 heavy (non-hydrogen) atoms. The number of hydrogen-bond donors (Lipinski definition) is 2. The van der Waals surface area contributed by atoms with Crippen LogP contribution in [0.1, 0.15) is 24.3 Å². The number of rotatable bonds is 5. The Balaban J connectivity index is 2.67. The van der Waals surface area contributed by atoms with Crippen LogP contribution in [0.4, 0.5) is 0 Å². The van der Waals surface area contributed by atoms with Crippen LogP contribution < -0.4 is 5.32 Å². The Morgan fingerprint density at radius 3 is 2.86 bits per heavy atom. The zero-order chi connectivity index (χ0) is 10.6. The van der Waals surface area contributed by atoms with Crippen LogP contribution in [0.2, 0.25) is 0 Å². The number of nitrogens with one attached hydrogen (secondary N) is 1. The Morgan fingerprint density at radius 2 is 2.43 bits per heavy atom. The molecule has 1 aromatic heterocycles. The van der Waals surface area contributed by atoms with Crippen LogP contribution in [0.3, 0.4) is 0 Å². The quantitative estimate of drug-likeness (QED) is 0.787. The molecular formula is C10H15NO2S. The van der Waals surface area contributed by atoms with Crippen molar-refractivity contribution in [2.45, 2.75) is 19.4 Å². The highest BCUT2D eigenvalue weighted by Gasteiger charge is 2.20. The van der Waals surface area contributed by atoms with Gasteiger partial charge in [0.1, 0.15) is 0 Å². The van der Waals surface area contributed by atoms with Gasteiger partial charge >= 0.3 is 5.97 Å². The molecule has 0 aliphatic carbocycles. The standard InChI is InChI=1S/C10H15NO2S/c1-7(6-9(12)13)10(11-2)8-4-3-5-14-8/h3-5,7,10-11H,6H2,1-2H3,(H,12,13). The predicted octanol–water partition coefficient (Wildman–Crippen LogP) is 2.12. The summed E-state index contributed by atoms with van der Waals surface area (Å²) in [4.78, 5) is 11.8. The summed E-state index contributed by atoms with van der Waals surface area (Å²) in [6.07, 6.45) is 0.198. The van der Waals surface area contributed by atoms with Crippen molar-refractivity contribution in [3.63, 3.8) is 0 Å². The van der Waals surface area contributed by atoms with Gasteiger partial charge in [-0.3, -0.25) is 4.79 Å². The smallest absolute Gasteiger partial charge is 0.303 e. The van der Waals surface area contributed by atoms with Crippen molar-refractivity contribution in [3.8, 4) is 0 Å². The molecule has 0 fully saturated rings. The van der Waals surface area contributed by atoms with Gasteiger partial charge in [-0.25, -0.2) is 0 Å². The molecule has 78 valence electrons. The summed E-state index contributed by atoms with van der Waals surface area (Å²) >= 11 is 1.66. The van der Waals surface area contributed by atoms with Crippen molar-refractivity contribution in [2.75, 3.05) is 7.05 Å². The van der Waals surface area contributed by atoms with E-state index in [1.54, 1.807) is 11.3 Å². The zero-order valence-electron chi connectivity index (χ0n) is 8.36. The second-order valence-electron chi connectivity index (χ2n) is 3.36.